The number of hydrogen-bond acceptors (Lipinski definition) is 2. The highest BCUT2D eigenvalue weighted by atomic mass is 35.5. The van der Waals surface area contributed by atoms with Gasteiger partial charge in [0.2, 0.25) is 0 Å². The van der Waals surface area contributed by atoms with E-state index in [-0.39, 0.29) is 14.1 Å². The Bertz CT molecular complexity index is 519. The first-order chi connectivity index (χ1) is 12.2. The van der Waals surface area contributed by atoms with E-state index in [0.29, 0.717) is 11.9 Å². The standard InChI is InChI=1S/C13H18ClFN2.2BF4/c14-10-13(3-1-11(15)2-4-13)12-9-16-5-7-17(12)8-6-16;2*2-1(3,4)5/h1-3,12H,4-10H2;;/q;2*-1/p+2. The summed E-state index contributed by atoms with van der Waals surface area (Å²) in [5.74, 6) is 0.449. The van der Waals surface area contributed by atoms with E-state index in [1.54, 1.807) is 12.2 Å². The van der Waals surface area contributed by atoms with Gasteiger partial charge in [-0.1, -0.05) is 6.08 Å². The van der Waals surface area contributed by atoms with E-state index in [1.807, 2.05) is 6.08 Å². The van der Waals surface area contributed by atoms with Gasteiger partial charge in [-0.25, -0.2) is 4.39 Å². The molecule has 14 heteroatoms. The maximum Gasteiger partial charge on any atom is 1.00 e. The van der Waals surface area contributed by atoms with Crippen LogP contribution in [0.4, 0.5) is 38.9 Å². The normalized spacial score (nSPS) is 32.7. The summed E-state index contributed by atoms with van der Waals surface area (Å²) < 4.78 is 91.1. The number of halogens is 10. The van der Waals surface area contributed by atoms with Crippen molar-refractivity contribution >= 4 is 26.1 Å². The Morgan fingerprint density at radius 3 is 1.78 bits per heavy atom. The number of rotatable bonds is 2. The van der Waals surface area contributed by atoms with Crippen LogP contribution in [-0.4, -0.2) is 69.0 Å². The van der Waals surface area contributed by atoms with Crippen LogP contribution in [0.3, 0.4) is 0 Å². The lowest BCUT2D eigenvalue weighted by molar-refractivity contribution is -0.0281. The van der Waals surface area contributed by atoms with Crippen LogP contribution in [0.2, 0.25) is 0 Å². The molecule has 0 spiro atoms. The van der Waals surface area contributed by atoms with Crippen LogP contribution in [0.1, 0.15) is 9.27 Å². The molecular formula is C13H20B2ClF9N2. The van der Waals surface area contributed by atoms with Crippen molar-refractivity contribution in [3.8, 4) is 0 Å². The van der Waals surface area contributed by atoms with Gasteiger partial charge in [-0.3, -0.25) is 9.80 Å². The van der Waals surface area contributed by atoms with Gasteiger partial charge in [-0.2, -0.15) is 0 Å². The quantitative estimate of drug-likeness (QED) is 0.350. The number of alkyl halides is 1. The first-order valence-corrected chi connectivity index (χ1v) is 8.59. The van der Waals surface area contributed by atoms with Gasteiger partial charge in [0.15, 0.2) is 0 Å². The number of nitrogens with zero attached hydrogens (tertiary/aromatic N) is 2. The number of fused-ring (bicyclic) bond motifs is 3. The monoisotopic (exact) mass is 432 g/mol. The molecule has 0 N–H and O–H groups in total. The molecule has 4 rings (SSSR count). The lowest BCUT2D eigenvalue weighted by atomic mass is 9.74. The summed E-state index contributed by atoms with van der Waals surface area (Å²) >= 11 is 6.21. The van der Waals surface area contributed by atoms with Gasteiger partial charge < -0.3 is 34.5 Å². The molecule has 2 nitrogen and oxygen atoms in total. The highest BCUT2D eigenvalue weighted by Crippen LogP contribution is 2.40. The molecule has 0 amide bonds. The minimum Gasteiger partial charge on any atom is -0.418 e. The van der Waals surface area contributed by atoms with Gasteiger partial charge in [0.1, 0.15) is 5.83 Å². The first kappa shape index (κ1) is 24.2. The molecule has 158 valence electrons. The molecule has 0 aromatic carbocycles. The zero-order valence-corrected chi connectivity index (χ0v) is 14.8. The molecule has 0 radical (unpaired) electrons. The summed E-state index contributed by atoms with van der Waals surface area (Å²) in [5.41, 5.74) is -0.0732. The van der Waals surface area contributed by atoms with Crippen molar-refractivity contribution in [2.75, 3.05) is 38.6 Å². The Morgan fingerprint density at radius 2 is 1.48 bits per heavy atom. The summed E-state index contributed by atoms with van der Waals surface area (Å²) in [6, 6.07) is 0.447. The largest absolute Gasteiger partial charge is 1.00 e. The van der Waals surface area contributed by atoms with Crippen LogP contribution >= 0.6 is 11.6 Å². The zero-order chi connectivity index (χ0) is 20.9. The smallest absolute Gasteiger partial charge is 0.418 e. The fourth-order valence-electron chi connectivity index (χ4n) is 3.27. The van der Waals surface area contributed by atoms with Gasteiger partial charge in [0.25, 0.3) is 0 Å². The molecule has 2 bridgehead atoms. The molecule has 0 aromatic rings. The highest BCUT2D eigenvalue weighted by molar-refractivity contribution is 6.50. The number of allylic oxidation sites excluding steroid dienone is 3. The lowest BCUT2D eigenvalue weighted by Gasteiger charge is -2.54. The van der Waals surface area contributed by atoms with E-state index < -0.39 is 14.5 Å². The van der Waals surface area contributed by atoms with Crippen LogP contribution in [0.5, 0.6) is 0 Å². The molecular weight excluding hydrogens is 412 g/mol. The third-order valence-electron chi connectivity index (χ3n) is 4.44. The topological polar surface area (TPSA) is 6.48 Å². The van der Waals surface area contributed by atoms with Crippen LogP contribution < -0.4 is 0 Å². The number of hydrogen-bond donors (Lipinski definition) is 0. The van der Waals surface area contributed by atoms with Crippen molar-refractivity contribution in [3.63, 3.8) is 0 Å². The minimum atomic E-state index is -6.00. The van der Waals surface area contributed by atoms with Gasteiger partial charge >= 0.3 is 17.4 Å². The fraction of sp³-hybridized carbons (Fsp3) is 0.692. The summed E-state index contributed by atoms with van der Waals surface area (Å²) in [4.78, 5) is 5.03. The summed E-state index contributed by atoms with van der Waals surface area (Å²) in [5, 5.41) is 0. The Hall–Kier alpha value is -0.810. The molecule has 3 aliphatic heterocycles. The van der Waals surface area contributed by atoms with Crippen molar-refractivity contribution in [1.29, 1.82) is 0 Å². The molecule has 4 aliphatic rings. The van der Waals surface area contributed by atoms with Crippen LogP contribution in [0.15, 0.2) is 24.1 Å². The first-order valence-electron chi connectivity index (χ1n) is 8.05. The average molecular weight is 432 g/mol. The van der Waals surface area contributed by atoms with E-state index in [4.69, 9.17) is 11.6 Å². The van der Waals surface area contributed by atoms with E-state index >= 15 is 0 Å². The maximum atomic E-state index is 13.1. The van der Waals surface area contributed by atoms with Crippen molar-refractivity contribution < 1.29 is 41.8 Å². The molecule has 2 unspecified atom stereocenters. The van der Waals surface area contributed by atoms with Crippen molar-refractivity contribution in [1.82, 2.24) is 9.80 Å². The van der Waals surface area contributed by atoms with Gasteiger partial charge in [-0.05, 0) is 18.6 Å². The fourth-order valence-corrected chi connectivity index (χ4v) is 3.64. The van der Waals surface area contributed by atoms with Crippen molar-refractivity contribution in [2.45, 2.75) is 12.5 Å². The summed E-state index contributed by atoms with van der Waals surface area (Å²) in [6.45, 7) is 5.67. The summed E-state index contributed by atoms with van der Waals surface area (Å²) in [7, 11) is -12.0. The van der Waals surface area contributed by atoms with E-state index in [9.17, 15) is 38.9 Å². The molecule has 3 saturated heterocycles. The van der Waals surface area contributed by atoms with Crippen LogP contribution in [0, 0.1) is 5.41 Å². The molecule has 27 heavy (non-hydrogen) atoms. The Labute approximate surface area is 159 Å². The minimum absolute atomic E-state index is 0. The van der Waals surface area contributed by atoms with Gasteiger partial charge in [-0.15, -0.1) is 11.6 Å². The predicted molar refractivity (Wildman–Crippen MR) is 90.5 cm³/mol. The van der Waals surface area contributed by atoms with Crippen LogP contribution in [-0.2, 0) is 0 Å². The maximum absolute atomic E-state index is 13.1. The van der Waals surface area contributed by atoms with Crippen molar-refractivity contribution in [3.05, 3.63) is 24.1 Å². The van der Waals surface area contributed by atoms with E-state index in [0.717, 1.165) is 26.1 Å². The molecule has 0 saturated carbocycles. The highest BCUT2D eigenvalue weighted by Gasteiger charge is 2.44. The Kier molecular flexibility index (Phi) is 8.61. The SMILES string of the molecule is FC1=CCC(CCl)(C2CN3CCN2CC3)C=C1.F[B-](F)(F)F.F[B-](F)(F)F.[H+].[H+]. The second kappa shape index (κ2) is 9.60. The lowest BCUT2D eigenvalue weighted by Crippen LogP contribution is -2.66. The second-order valence-electron chi connectivity index (χ2n) is 6.34. The predicted octanol–water partition coefficient (Wildman–Crippen LogP) is 4.85. The van der Waals surface area contributed by atoms with E-state index in [2.05, 4.69) is 9.80 Å². The number of piperazine rings is 3. The Balaban J connectivity index is 0. The molecule has 1 aliphatic carbocycles. The molecule has 3 fully saturated rings. The second-order valence-corrected chi connectivity index (χ2v) is 6.60. The Morgan fingerprint density at radius 1 is 1.00 bits per heavy atom. The van der Waals surface area contributed by atoms with Crippen molar-refractivity contribution in [2.24, 2.45) is 5.41 Å². The molecule has 3 heterocycles. The third-order valence-corrected chi connectivity index (χ3v) is 4.94. The molecule has 0 aromatic heterocycles. The van der Waals surface area contributed by atoms with E-state index in [1.165, 1.54) is 13.1 Å². The van der Waals surface area contributed by atoms with Gasteiger partial charge in [0.05, 0.1) is 0 Å². The summed E-state index contributed by atoms with van der Waals surface area (Å²) in [6.07, 6.45) is 6.00. The zero-order valence-electron chi connectivity index (χ0n) is 16.1. The van der Waals surface area contributed by atoms with Crippen LogP contribution in [0.25, 0.3) is 0 Å². The average Bonchev–Trinajstić information content (AvgIpc) is 2.54. The third kappa shape index (κ3) is 9.29. The van der Waals surface area contributed by atoms with Gasteiger partial charge in [0, 0.05) is 50.1 Å². The molecule has 2 atom stereocenters.